The number of benzene rings is 1. The highest BCUT2D eigenvalue weighted by molar-refractivity contribution is 6.30. The summed E-state index contributed by atoms with van der Waals surface area (Å²) < 4.78 is 10.1. The van der Waals surface area contributed by atoms with Gasteiger partial charge in [-0.05, 0) is 37.0 Å². The predicted octanol–water partition coefficient (Wildman–Crippen LogP) is 2.77. The van der Waals surface area contributed by atoms with E-state index in [4.69, 9.17) is 21.1 Å². The Hall–Kier alpha value is -2.45. The predicted molar refractivity (Wildman–Crippen MR) is 105 cm³/mol. The Morgan fingerprint density at radius 2 is 1.59 bits per heavy atom. The number of imide groups is 2. The van der Waals surface area contributed by atoms with Crippen molar-refractivity contribution in [3.8, 4) is 0 Å². The molecule has 0 aromatic heterocycles. The lowest BCUT2D eigenvalue weighted by Gasteiger charge is -2.32. The van der Waals surface area contributed by atoms with Gasteiger partial charge in [0.1, 0.15) is 13.0 Å². The third-order valence-corrected chi connectivity index (χ3v) is 4.67. The van der Waals surface area contributed by atoms with E-state index >= 15 is 0 Å². The number of rotatable bonds is 11. The number of ether oxygens (including phenoxy) is 2. The van der Waals surface area contributed by atoms with Gasteiger partial charge in [-0.15, -0.1) is 0 Å². The van der Waals surface area contributed by atoms with Crippen molar-refractivity contribution < 1.29 is 28.7 Å². The fraction of sp³-hybridized carbons (Fsp3) is 0.500. The second kappa shape index (κ2) is 11.5. The van der Waals surface area contributed by atoms with E-state index in [1.807, 2.05) is 0 Å². The SMILES string of the molecule is COCCCCCCOC(=O)CN1C(=O)CC(=O)N(Cc2ccc(Cl)cc2)C1=O. The van der Waals surface area contributed by atoms with Crippen molar-refractivity contribution in [2.75, 3.05) is 26.9 Å². The first-order valence-electron chi connectivity index (χ1n) is 9.46. The zero-order valence-corrected chi connectivity index (χ0v) is 17.2. The molecule has 0 radical (unpaired) electrons. The van der Waals surface area contributed by atoms with Gasteiger partial charge in [-0.3, -0.25) is 24.2 Å². The summed E-state index contributed by atoms with van der Waals surface area (Å²) in [7, 11) is 1.65. The molecule has 158 valence electrons. The molecule has 0 saturated carbocycles. The summed E-state index contributed by atoms with van der Waals surface area (Å²) in [5.41, 5.74) is 0.682. The van der Waals surface area contributed by atoms with Crippen LogP contribution in [-0.4, -0.2) is 60.5 Å². The van der Waals surface area contributed by atoms with Gasteiger partial charge < -0.3 is 9.47 Å². The Bertz CT molecular complexity index is 737. The summed E-state index contributed by atoms with van der Waals surface area (Å²) in [6, 6.07) is 5.84. The molecular weight excluding hydrogens is 400 g/mol. The molecule has 8 nitrogen and oxygen atoms in total. The number of hydrogen-bond acceptors (Lipinski definition) is 6. The van der Waals surface area contributed by atoms with Crippen molar-refractivity contribution in [1.29, 1.82) is 0 Å². The molecule has 0 N–H and O–H groups in total. The van der Waals surface area contributed by atoms with E-state index in [9.17, 15) is 19.2 Å². The summed E-state index contributed by atoms with van der Waals surface area (Å²) in [5, 5.41) is 0.531. The average Bonchev–Trinajstić information content (AvgIpc) is 2.69. The molecule has 0 bridgehead atoms. The summed E-state index contributed by atoms with van der Waals surface area (Å²) in [4.78, 5) is 50.6. The zero-order chi connectivity index (χ0) is 21.2. The third-order valence-electron chi connectivity index (χ3n) is 4.41. The van der Waals surface area contributed by atoms with Crippen LogP contribution in [0.3, 0.4) is 0 Å². The van der Waals surface area contributed by atoms with Crippen molar-refractivity contribution in [2.45, 2.75) is 38.6 Å². The molecule has 0 aliphatic carbocycles. The molecule has 0 spiro atoms. The number of carbonyl (C=O) groups is 4. The third kappa shape index (κ3) is 7.14. The first-order valence-corrected chi connectivity index (χ1v) is 9.84. The summed E-state index contributed by atoms with van der Waals surface area (Å²) >= 11 is 5.84. The van der Waals surface area contributed by atoms with Crippen LogP contribution in [0.25, 0.3) is 0 Å². The van der Waals surface area contributed by atoms with Crippen molar-refractivity contribution in [2.24, 2.45) is 0 Å². The quantitative estimate of drug-likeness (QED) is 0.308. The van der Waals surface area contributed by atoms with Crippen molar-refractivity contribution in [3.63, 3.8) is 0 Å². The number of esters is 1. The van der Waals surface area contributed by atoms with Crippen LogP contribution in [0.1, 0.15) is 37.7 Å². The van der Waals surface area contributed by atoms with Gasteiger partial charge in [0, 0.05) is 18.7 Å². The number of barbiturate groups is 1. The number of urea groups is 1. The van der Waals surface area contributed by atoms with Gasteiger partial charge in [0.2, 0.25) is 11.8 Å². The Morgan fingerprint density at radius 3 is 2.24 bits per heavy atom. The second-order valence-corrected chi connectivity index (χ2v) is 7.11. The molecule has 9 heteroatoms. The molecule has 1 aromatic rings. The molecule has 1 aliphatic rings. The zero-order valence-electron chi connectivity index (χ0n) is 16.4. The van der Waals surface area contributed by atoms with Crippen LogP contribution >= 0.6 is 11.6 Å². The second-order valence-electron chi connectivity index (χ2n) is 6.67. The van der Waals surface area contributed by atoms with Gasteiger partial charge in [0.15, 0.2) is 0 Å². The fourth-order valence-corrected chi connectivity index (χ4v) is 2.95. The Balaban J connectivity index is 1.84. The maximum Gasteiger partial charge on any atom is 0.334 e. The van der Waals surface area contributed by atoms with E-state index in [-0.39, 0.29) is 13.2 Å². The minimum Gasteiger partial charge on any atom is -0.464 e. The van der Waals surface area contributed by atoms with Crippen LogP contribution in [0.15, 0.2) is 24.3 Å². The minimum absolute atomic E-state index is 0.00482. The van der Waals surface area contributed by atoms with Crippen LogP contribution in [0.4, 0.5) is 4.79 Å². The Kier molecular flexibility index (Phi) is 9.08. The van der Waals surface area contributed by atoms with Crippen LogP contribution in [0.5, 0.6) is 0 Å². The highest BCUT2D eigenvalue weighted by Gasteiger charge is 2.39. The van der Waals surface area contributed by atoms with Crippen LogP contribution in [-0.2, 0) is 30.4 Å². The number of carbonyl (C=O) groups excluding carboxylic acids is 4. The lowest BCUT2D eigenvalue weighted by atomic mass is 10.2. The number of hydrogen-bond donors (Lipinski definition) is 0. The number of methoxy groups -OCH3 is 1. The first kappa shape index (κ1) is 22.8. The summed E-state index contributed by atoms with van der Waals surface area (Å²) in [5.74, 6) is -1.98. The highest BCUT2D eigenvalue weighted by Crippen LogP contribution is 2.17. The summed E-state index contributed by atoms with van der Waals surface area (Å²) in [6.45, 7) is 0.403. The van der Waals surface area contributed by atoms with E-state index < -0.39 is 36.8 Å². The van der Waals surface area contributed by atoms with Crippen molar-refractivity contribution >= 4 is 35.4 Å². The number of unbranched alkanes of at least 4 members (excludes halogenated alkanes) is 3. The molecule has 1 saturated heterocycles. The molecule has 29 heavy (non-hydrogen) atoms. The van der Waals surface area contributed by atoms with Gasteiger partial charge >= 0.3 is 12.0 Å². The normalized spacial score (nSPS) is 14.5. The first-order chi connectivity index (χ1) is 13.9. The molecule has 4 amide bonds. The minimum atomic E-state index is -0.822. The largest absolute Gasteiger partial charge is 0.464 e. The smallest absolute Gasteiger partial charge is 0.334 e. The fourth-order valence-electron chi connectivity index (χ4n) is 2.83. The Morgan fingerprint density at radius 1 is 0.966 bits per heavy atom. The molecule has 2 rings (SSSR count). The van der Waals surface area contributed by atoms with E-state index in [1.54, 1.807) is 31.4 Å². The average molecular weight is 425 g/mol. The Labute approximate surface area is 174 Å². The van der Waals surface area contributed by atoms with Gasteiger partial charge in [0.25, 0.3) is 0 Å². The highest BCUT2D eigenvalue weighted by atomic mass is 35.5. The molecule has 1 fully saturated rings. The van der Waals surface area contributed by atoms with Gasteiger partial charge in [0.05, 0.1) is 13.2 Å². The maximum atomic E-state index is 12.6. The lowest BCUT2D eigenvalue weighted by molar-refractivity contribution is -0.152. The standard InChI is InChI=1S/C20H25ClN2O6/c1-28-10-4-2-3-5-11-29-19(26)14-23-18(25)12-17(24)22(20(23)27)13-15-6-8-16(21)9-7-15/h6-9H,2-5,10-14H2,1H3. The molecule has 1 aromatic carbocycles. The number of nitrogens with zero attached hydrogens (tertiary/aromatic N) is 2. The molecule has 1 heterocycles. The van der Waals surface area contributed by atoms with Gasteiger partial charge in [-0.1, -0.05) is 30.2 Å². The van der Waals surface area contributed by atoms with E-state index in [0.29, 0.717) is 23.6 Å². The topological polar surface area (TPSA) is 93.2 Å². The van der Waals surface area contributed by atoms with Crippen molar-refractivity contribution in [1.82, 2.24) is 9.80 Å². The van der Waals surface area contributed by atoms with Gasteiger partial charge in [-0.2, -0.15) is 0 Å². The van der Waals surface area contributed by atoms with Crippen molar-refractivity contribution in [3.05, 3.63) is 34.9 Å². The molecule has 0 atom stereocenters. The lowest BCUT2D eigenvalue weighted by Crippen LogP contribution is -2.55. The molecule has 1 aliphatic heterocycles. The van der Waals surface area contributed by atoms with E-state index in [2.05, 4.69) is 0 Å². The van der Waals surface area contributed by atoms with Crippen LogP contribution in [0, 0.1) is 0 Å². The molecular formula is C20H25ClN2O6. The van der Waals surface area contributed by atoms with E-state index in [0.717, 1.165) is 29.1 Å². The monoisotopic (exact) mass is 424 g/mol. The molecule has 0 unspecified atom stereocenters. The number of halogens is 1. The van der Waals surface area contributed by atoms with Crippen LogP contribution in [0.2, 0.25) is 5.02 Å². The van der Waals surface area contributed by atoms with Gasteiger partial charge in [-0.25, -0.2) is 4.79 Å². The van der Waals surface area contributed by atoms with Crippen LogP contribution < -0.4 is 0 Å². The van der Waals surface area contributed by atoms with E-state index in [1.165, 1.54) is 0 Å². The summed E-state index contributed by atoms with van der Waals surface area (Å²) in [6.07, 6.45) is 3.03. The number of amides is 4. The maximum absolute atomic E-state index is 12.6.